The molecule has 12 N–H and O–H groups in total. The molecule has 1 aromatic carbocycles. The molecule has 1 aromatic rings. The summed E-state index contributed by atoms with van der Waals surface area (Å²) in [5, 5.41) is 17.5. The van der Waals surface area contributed by atoms with Crippen LogP contribution in [0.25, 0.3) is 0 Å². The summed E-state index contributed by atoms with van der Waals surface area (Å²) >= 11 is 0. The second-order valence-corrected chi connectivity index (χ2v) is 9.71. The molecule has 3 amide bonds. The van der Waals surface area contributed by atoms with E-state index in [0.29, 0.717) is 25.8 Å². The molecule has 13 heteroatoms. The zero-order chi connectivity index (χ0) is 29.4. The highest BCUT2D eigenvalue weighted by Crippen LogP contribution is 2.08. The van der Waals surface area contributed by atoms with Crippen LogP contribution in [0.5, 0.6) is 0 Å². The van der Waals surface area contributed by atoms with Crippen LogP contribution in [0, 0.1) is 5.92 Å². The van der Waals surface area contributed by atoms with Crippen LogP contribution in [0.2, 0.25) is 0 Å². The molecule has 39 heavy (non-hydrogen) atoms. The average Bonchev–Trinajstić information content (AvgIpc) is 2.89. The largest absolute Gasteiger partial charge is 0.480 e. The average molecular weight is 549 g/mol. The monoisotopic (exact) mass is 548 g/mol. The number of hydrogen-bond donors (Lipinski definition) is 8. The first-order valence-corrected chi connectivity index (χ1v) is 13.1. The first-order valence-electron chi connectivity index (χ1n) is 13.1. The van der Waals surface area contributed by atoms with Crippen molar-refractivity contribution in [3.05, 3.63) is 35.9 Å². The van der Waals surface area contributed by atoms with Gasteiger partial charge in [0.05, 0.1) is 6.04 Å². The number of rotatable bonds is 18. The van der Waals surface area contributed by atoms with Gasteiger partial charge in [-0.25, -0.2) is 4.79 Å². The Balaban J connectivity index is 3.13. The molecule has 0 aliphatic heterocycles. The lowest BCUT2D eigenvalue weighted by Crippen LogP contribution is -2.58. The van der Waals surface area contributed by atoms with Crippen molar-refractivity contribution in [1.29, 1.82) is 0 Å². The van der Waals surface area contributed by atoms with Gasteiger partial charge in [0.2, 0.25) is 17.7 Å². The van der Waals surface area contributed by atoms with Gasteiger partial charge in [0.15, 0.2) is 5.96 Å². The lowest BCUT2D eigenvalue weighted by atomic mass is 10.0. The van der Waals surface area contributed by atoms with E-state index in [2.05, 4.69) is 20.9 Å². The van der Waals surface area contributed by atoms with Gasteiger partial charge in [-0.15, -0.1) is 0 Å². The lowest BCUT2D eigenvalue weighted by Gasteiger charge is -2.26. The molecule has 0 fully saturated rings. The second-order valence-electron chi connectivity index (χ2n) is 9.71. The maximum Gasteiger partial charge on any atom is 0.326 e. The second kappa shape index (κ2) is 17.7. The van der Waals surface area contributed by atoms with E-state index in [1.54, 1.807) is 13.8 Å². The van der Waals surface area contributed by atoms with Gasteiger partial charge in [0.1, 0.15) is 18.1 Å². The van der Waals surface area contributed by atoms with Crippen LogP contribution in [0.1, 0.15) is 51.5 Å². The number of amides is 3. The molecule has 218 valence electrons. The first kappa shape index (κ1) is 33.3. The van der Waals surface area contributed by atoms with Gasteiger partial charge in [0.25, 0.3) is 0 Å². The Morgan fingerprint density at radius 1 is 0.846 bits per heavy atom. The summed E-state index contributed by atoms with van der Waals surface area (Å²) in [4.78, 5) is 54.9. The van der Waals surface area contributed by atoms with Crippen LogP contribution in [-0.4, -0.2) is 72.0 Å². The van der Waals surface area contributed by atoms with Crippen molar-refractivity contribution in [3.63, 3.8) is 0 Å². The van der Waals surface area contributed by atoms with Crippen LogP contribution in [-0.2, 0) is 25.6 Å². The molecule has 0 aromatic heterocycles. The Kier molecular flexibility index (Phi) is 15.2. The van der Waals surface area contributed by atoms with Crippen molar-refractivity contribution in [1.82, 2.24) is 16.0 Å². The van der Waals surface area contributed by atoms with Crippen LogP contribution >= 0.6 is 0 Å². The van der Waals surface area contributed by atoms with Crippen LogP contribution in [0.15, 0.2) is 35.3 Å². The number of carbonyl (C=O) groups is 4. The number of guanidine groups is 1. The maximum absolute atomic E-state index is 13.4. The number of nitrogens with two attached hydrogens (primary N) is 4. The predicted octanol–water partition coefficient (Wildman–Crippen LogP) is -1.07. The van der Waals surface area contributed by atoms with Gasteiger partial charge in [-0.1, -0.05) is 44.2 Å². The number of carbonyl (C=O) groups excluding carboxylic acids is 3. The standard InChI is InChI=1S/C26H44N8O5/c1-16(2)21(28)24(37)34-20(15-17-9-4-3-5-10-17)23(36)32-18(12-8-14-31-26(29)30)22(35)33-19(25(38)39)11-6-7-13-27/h3-5,9-10,16,18-21H,6-8,11-15,27-28H2,1-2H3,(H,32,36)(H,33,35)(H,34,37)(H,38,39)(H4,29,30,31). The Morgan fingerprint density at radius 3 is 1.97 bits per heavy atom. The molecular formula is C26H44N8O5. The molecule has 0 saturated heterocycles. The number of nitrogens with zero attached hydrogens (tertiary/aromatic N) is 1. The molecule has 0 spiro atoms. The van der Waals surface area contributed by atoms with Crippen molar-refractivity contribution in [2.75, 3.05) is 13.1 Å². The van der Waals surface area contributed by atoms with Crippen LogP contribution in [0.3, 0.4) is 0 Å². The summed E-state index contributed by atoms with van der Waals surface area (Å²) in [5.41, 5.74) is 23.0. The van der Waals surface area contributed by atoms with Gasteiger partial charge < -0.3 is 44.0 Å². The molecular weight excluding hydrogens is 504 g/mol. The summed E-state index contributed by atoms with van der Waals surface area (Å²) in [6.45, 7) is 4.19. The van der Waals surface area contributed by atoms with Crippen molar-refractivity contribution in [2.45, 2.75) is 76.5 Å². The van der Waals surface area contributed by atoms with E-state index in [-0.39, 0.29) is 37.7 Å². The smallest absolute Gasteiger partial charge is 0.326 e. The Labute approximate surface area is 229 Å². The zero-order valence-electron chi connectivity index (χ0n) is 22.8. The van der Waals surface area contributed by atoms with E-state index in [0.717, 1.165) is 5.56 Å². The summed E-state index contributed by atoms with van der Waals surface area (Å²) < 4.78 is 0. The third-order valence-corrected chi connectivity index (χ3v) is 6.08. The lowest BCUT2D eigenvalue weighted by molar-refractivity contribution is -0.142. The molecule has 4 unspecified atom stereocenters. The predicted molar refractivity (Wildman–Crippen MR) is 149 cm³/mol. The van der Waals surface area contributed by atoms with Gasteiger partial charge >= 0.3 is 5.97 Å². The first-order chi connectivity index (χ1) is 18.5. The molecule has 13 nitrogen and oxygen atoms in total. The minimum atomic E-state index is -1.19. The fraction of sp³-hybridized carbons (Fsp3) is 0.577. The van der Waals surface area contributed by atoms with Gasteiger partial charge in [-0.3, -0.25) is 19.4 Å². The normalized spacial score (nSPS) is 14.0. The summed E-state index contributed by atoms with van der Waals surface area (Å²) in [6.07, 6.45) is 1.92. The van der Waals surface area contributed by atoms with Crippen molar-refractivity contribution < 1.29 is 24.3 Å². The van der Waals surface area contributed by atoms with E-state index in [9.17, 15) is 24.3 Å². The summed E-state index contributed by atoms with van der Waals surface area (Å²) in [5.74, 6) is -3.25. The Bertz CT molecular complexity index is 953. The molecule has 0 aliphatic carbocycles. The summed E-state index contributed by atoms with van der Waals surface area (Å²) in [7, 11) is 0. The minimum absolute atomic E-state index is 0.113. The highest BCUT2D eigenvalue weighted by Gasteiger charge is 2.30. The van der Waals surface area contributed by atoms with E-state index < -0.39 is 47.9 Å². The fourth-order valence-electron chi connectivity index (χ4n) is 3.70. The van der Waals surface area contributed by atoms with E-state index in [1.165, 1.54) is 0 Å². The number of benzene rings is 1. The quantitative estimate of drug-likeness (QED) is 0.0632. The Morgan fingerprint density at radius 2 is 1.41 bits per heavy atom. The van der Waals surface area contributed by atoms with E-state index in [1.807, 2.05) is 30.3 Å². The number of unbranched alkanes of at least 4 members (excludes halogenated alkanes) is 1. The number of carboxylic acid groups (broad SMARTS) is 1. The number of aliphatic imine (C=N–C) groups is 1. The van der Waals surface area contributed by atoms with Crippen molar-refractivity contribution in [2.24, 2.45) is 33.8 Å². The van der Waals surface area contributed by atoms with Crippen LogP contribution in [0.4, 0.5) is 0 Å². The van der Waals surface area contributed by atoms with Crippen molar-refractivity contribution in [3.8, 4) is 0 Å². The number of nitrogens with one attached hydrogen (secondary N) is 3. The third-order valence-electron chi connectivity index (χ3n) is 6.08. The number of aliphatic carboxylic acids is 1. The molecule has 1 rings (SSSR count). The SMILES string of the molecule is CC(C)C(N)C(=O)NC(Cc1ccccc1)C(=O)NC(CCCN=C(N)N)C(=O)NC(CCCCN)C(=O)O. The van der Waals surface area contributed by atoms with E-state index in [4.69, 9.17) is 22.9 Å². The fourth-order valence-corrected chi connectivity index (χ4v) is 3.70. The molecule has 4 atom stereocenters. The van der Waals surface area contributed by atoms with E-state index >= 15 is 0 Å². The van der Waals surface area contributed by atoms with Gasteiger partial charge in [0, 0.05) is 13.0 Å². The molecule has 0 heterocycles. The topological polar surface area (TPSA) is 241 Å². The Hall–Kier alpha value is -3.71. The maximum atomic E-state index is 13.4. The minimum Gasteiger partial charge on any atom is -0.480 e. The zero-order valence-corrected chi connectivity index (χ0v) is 22.8. The van der Waals surface area contributed by atoms with Gasteiger partial charge in [-0.05, 0) is 50.1 Å². The van der Waals surface area contributed by atoms with Crippen molar-refractivity contribution >= 4 is 29.7 Å². The highest BCUT2D eigenvalue weighted by atomic mass is 16.4. The number of hydrogen-bond acceptors (Lipinski definition) is 7. The highest BCUT2D eigenvalue weighted by molar-refractivity contribution is 5.94. The van der Waals surface area contributed by atoms with Crippen LogP contribution < -0.4 is 38.9 Å². The molecule has 0 saturated carbocycles. The molecule has 0 bridgehead atoms. The van der Waals surface area contributed by atoms with Gasteiger partial charge in [-0.2, -0.15) is 0 Å². The molecule has 0 aliphatic rings. The molecule has 0 radical (unpaired) electrons. The third kappa shape index (κ3) is 13.1. The summed E-state index contributed by atoms with van der Waals surface area (Å²) in [6, 6.07) is 4.96. The number of carboxylic acids is 1.